The highest BCUT2D eigenvalue weighted by Crippen LogP contribution is 2.27. The van der Waals surface area contributed by atoms with E-state index < -0.39 is 17.5 Å². The summed E-state index contributed by atoms with van der Waals surface area (Å²) in [6.45, 7) is 0.784. The van der Waals surface area contributed by atoms with Crippen molar-refractivity contribution in [3.05, 3.63) is 33.9 Å². The molecular weight excluding hydrogens is 289 g/mol. The van der Waals surface area contributed by atoms with E-state index in [-0.39, 0.29) is 17.9 Å². The molecule has 0 aliphatic carbocycles. The first-order chi connectivity index (χ1) is 9.83. The second-order valence-electron chi connectivity index (χ2n) is 4.51. The molecule has 0 aliphatic heterocycles. The lowest BCUT2D eigenvalue weighted by molar-refractivity contribution is -0.385. The predicted molar refractivity (Wildman–Crippen MR) is 71.3 cm³/mol. The highest BCUT2D eigenvalue weighted by Gasteiger charge is 2.25. The molecule has 0 aliphatic rings. The maximum absolute atomic E-state index is 11.9. The van der Waals surface area contributed by atoms with Crippen LogP contribution >= 0.6 is 0 Å². The minimum absolute atomic E-state index is 0.0687. The van der Waals surface area contributed by atoms with Crippen LogP contribution < -0.4 is 10.1 Å². The van der Waals surface area contributed by atoms with Crippen LogP contribution in [-0.2, 0) is 6.54 Å². The summed E-state index contributed by atoms with van der Waals surface area (Å²) < 4.78 is 40.7. The van der Waals surface area contributed by atoms with Gasteiger partial charge in [0.25, 0.3) is 0 Å². The quantitative estimate of drug-likeness (QED) is 0.454. The molecule has 1 rings (SSSR count). The number of nitro benzene ring substituents is 1. The van der Waals surface area contributed by atoms with Crippen molar-refractivity contribution in [2.24, 2.45) is 0 Å². The van der Waals surface area contributed by atoms with Gasteiger partial charge in [0.05, 0.1) is 12.0 Å². The molecule has 0 atom stereocenters. The third kappa shape index (κ3) is 6.44. The number of alkyl halides is 3. The van der Waals surface area contributed by atoms with Crippen LogP contribution in [0.15, 0.2) is 18.2 Å². The fourth-order valence-corrected chi connectivity index (χ4v) is 1.80. The van der Waals surface area contributed by atoms with Gasteiger partial charge in [0, 0.05) is 19.0 Å². The smallest absolute Gasteiger partial charge is 0.389 e. The fraction of sp³-hybridized carbons (Fsp3) is 0.538. The van der Waals surface area contributed by atoms with E-state index in [1.165, 1.54) is 19.2 Å². The number of benzene rings is 1. The van der Waals surface area contributed by atoms with Gasteiger partial charge in [-0.1, -0.05) is 6.07 Å². The molecule has 0 fully saturated rings. The Balaban J connectivity index is 2.39. The van der Waals surface area contributed by atoms with Crippen LogP contribution in [0.4, 0.5) is 18.9 Å². The first-order valence-electron chi connectivity index (χ1n) is 6.42. The molecule has 1 aromatic carbocycles. The zero-order valence-electron chi connectivity index (χ0n) is 11.6. The molecular formula is C13H17F3N2O3. The first-order valence-corrected chi connectivity index (χ1v) is 6.42. The Kier molecular flexibility index (Phi) is 6.41. The van der Waals surface area contributed by atoms with Gasteiger partial charge in [-0.15, -0.1) is 0 Å². The molecule has 0 heterocycles. The molecule has 0 radical (unpaired) electrons. The Labute approximate surface area is 120 Å². The predicted octanol–water partition coefficient (Wildman–Crippen LogP) is 3.43. The molecule has 0 saturated heterocycles. The molecule has 5 nitrogen and oxygen atoms in total. The van der Waals surface area contributed by atoms with Crippen LogP contribution in [0.25, 0.3) is 0 Å². The Morgan fingerprint density at radius 1 is 1.33 bits per heavy atom. The van der Waals surface area contributed by atoms with Crippen LogP contribution in [0.2, 0.25) is 0 Å². The lowest BCUT2D eigenvalue weighted by Gasteiger charge is -2.08. The lowest BCUT2D eigenvalue weighted by atomic mass is 10.2. The molecule has 1 N–H and O–H groups in total. The largest absolute Gasteiger partial charge is 0.490 e. The molecule has 0 amide bonds. The normalized spacial score (nSPS) is 11.4. The number of rotatable bonds is 8. The van der Waals surface area contributed by atoms with Crippen LogP contribution in [-0.4, -0.2) is 24.8 Å². The van der Waals surface area contributed by atoms with E-state index in [4.69, 9.17) is 4.74 Å². The van der Waals surface area contributed by atoms with Gasteiger partial charge in [-0.2, -0.15) is 13.2 Å². The fourth-order valence-electron chi connectivity index (χ4n) is 1.80. The van der Waals surface area contributed by atoms with Gasteiger partial charge in [0.1, 0.15) is 0 Å². The Hall–Kier alpha value is -1.83. The number of ether oxygens (including phenoxy) is 1. The van der Waals surface area contributed by atoms with E-state index in [0.717, 1.165) is 0 Å². The summed E-state index contributed by atoms with van der Waals surface area (Å²) in [5.74, 6) is 0.175. The number of methoxy groups -OCH3 is 1. The SMILES string of the molecule is COc1ccc(CNCCCCC(F)(F)F)cc1[N+](=O)[O-]. The molecule has 1 aromatic rings. The van der Waals surface area contributed by atoms with Gasteiger partial charge in [0.15, 0.2) is 5.75 Å². The van der Waals surface area contributed by atoms with Gasteiger partial charge in [-0.05, 0) is 31.0 Å². The molecule has 8 heteroatoms. The van der Waals surface area contributed by atoms with Gasteiger partial charge in [-0.25, -0.2) is 0 Å². The van der Waals surface area contributed by atoms with E-state index in [9.17, 15) is 23.3 Å². The maximum Gasteiger partial charge on any atom is 0.389 e. The second-order valence-corrected chi connectivity index (χ2v) is 4.51. The van der Waals surface area contributed by atoms with Gasteiger partial charge >= 0.3 is 11.9 Å². The van der Waals surface area contributed by atoms with Crippen molar-refractivity contribution in [3.8, 4) is 5.75 Å². The first kappa shape index (κ1) is 17.2. The van der Waals surface area contributed by atoms with Crippen molar-refractivity contribution in [3.63, 3.8) is 0 Å². The standard InChI is InChI=1S/C13H17F3N2O3/c1-21-12-5-4-10(8-11(12)18(19)20)9-17-7-3-2-6-13(14,15)16/h4-5,8,17H,2-3,6-7,9H2,1H3. The van der Waals surface area contributed by atoms with E-state index in [1.807, 2.05) is 0 Å². The highest BCUT2D eigenvalue weighted by molar-refractivity contribution is 5.48. The monoisotopic (exact) mass is 306 g/mol. The number of nitro groups is 1. The van der Waals surface area contributed by atoms with Crippen molar-refractivity contribution >= 4 is 5.69 Å². The van der Waals surface area contributed by atoms with Gasteiger partial charge < -0.3 is 10.1 Å². The van der Waals surface area contributed by atoms with Crippen LogP contribution in [0, 0.1) is 10.1 Å². The van der Waals surface area contributed by atoms with E-state index in [2.05, 4.69) is 5.32 Å². The average Bonchev–Trinajstić information content (AvgIpc) is 2.41. The summed E-state index contributed by atoms with van der Waals surface area (Å²) >= 11 is 0. The molecule has 0 aromatic heterocycles. The second kappa shape index (κ2) is 7.82. The van der Waals surface area contributed by atoms with Crippen LogP contribution in [0.3, 0.4) is 0 Å². The van der Waals surface area contributed by atoms with Crippen LogP contribution in [0.1, 0.15) is 24.8 Å². The third-order valence-electron chi connectivity index (χ3n) is 2.83. The number of nitrogens with zero attached hydrogens (tertiary/aromatic N) is 1. The molecule has 118 valence electrons. The molecule has 0 saturated carbocycles. The van der Waals surface area contributed by atoms with Crippen molar-refractivity contribution in [1.29, 1.82) is 0 Å². The number of halogens is 3. The molecule has 0 bridgehead atoms. The Bertz CT molecular complexity index is 478. The average molecular weight is 306 g/mol. The van der Waals surface area contributed by atoms with Crippen LogP contribution in [0.5, 0.6) is 5.75 Å². The molecule has 0 unspecified atom stereocenters. The van der Waals surface area contributed by atoms with Crippen molar-refractivity contribution in [2.75, 3.05) is 13.7 Å². The summed E-state index contributed by atoms with van der Waals surface area (Å²) in [6, 6.07) is 4.56. The number of hydrogen-bond donors (Lipinski definition) is 1. The summed E-state index contributed by atoms with van der Waals surface area (Å²) in [5, 5.41) is 13.8. The zero-order chi connectivity index (χ0) is 15.9. The Morgan fingerprint density at radius 2 is 2.05 bits per heavy atom. The summed E-state index contributed by atoms with van der Waals surface area (Å²) in [7, 11) is 1.35. The summed E-state index contributed by atoms with van der Waals surface area (Å²) in [5.41, 5.74) is 0.548. The van der Waals surface area contributed by atoms with Crippen molar-refractivity contribution < 1.29 is 22.8 Å². The van der Waals surface area contributed by atoms with Gasteiger partial charge in [-0.3, -0.25) is 10.1 Å². The minimum atomic E-state index is -4.11. The van der Waals surface area contributed by atoms with E-state index >= 15 is 0 Å². The van der Waals surface area contributed by atoms with E-state index in [0.29, 0.717) is 25.1 Å². The summed E-state index contributed by atoms with van der Waals surface area (Å²) in [6.07, 6.45) is -4.43. The lowest BCUT2D eigenvalue weighted by Crippen LogP contribution is -2.16. The van der Waals surface area contributed by atoms with Crippen molar-refractivity contribution in [1.82, 2.24) is 5.32 Å². The van der Waals surface area contributed by atoms with Crippen molar-refractivity contribution in [2.45, 2.75) is 32.0 Å². The number of unbranched alkanes of at least 4 members (excludes halogenated alkanes) is 1. The Morgan fingerprint density at radius 3 is 2.62 bits per heavy atom. The number of hydrogen-bond acceptors (Lipinski definition) is 4. The zero-order valence-corrected chi connectivity index (χ0v) is 11.6. The third-order valence-corrected chi connectivity index (χ3v) is 2.83. The van der Waals surface area contributed by atoms with E-state index in [1.54, 1.807) is 6.07 Å². The maximum atomic E-state index is 11.9. The summed E-state index contributed by atoms with van der Waals surface area (Å²) in [4.78, 5) is 10.3. The number of nitrogens with one attached hydrogen (secondary N) is 1. The topological polar surface area (TPSA) is 64.4 Å². The molecule has 0 spiro atoms. The highest BCUT2D eigenvalue weighted by atomic mass is 19.4. The minimum Gasteiger partial charge on any atom is -0.490 e. The van der Waals surface area contributed by atoms with Gasteiger partial charge in [0.2, 0.25) is 0 Å². The molecule has 21 heavy (non-hydrogen) atoms.